The summed E-state index contributed by atoms with van der Waals surface area (Å²) < 4.78 is 0. The molecule has 0 aromatic carbocycles. The standard InChI is InChI=1S/C8H17N.C7H16N2.C7H15NS.C7H15N/c1-8(2)9-6-4-3-5-7-9;1-7(2)9-5-3-8-4-6-9;1-7(2)8-3-5-9-6-4-8;1-7(2)8-5-3-4-6-8/h8H,3-7H2,1-2H3;7-8H,3-6H2,1-2H3;7H,3-6H2,1-2H3;7H,3-6H2,1-2H3. The van der Waals surface area contributed by atoms with Crippen LogP contribution in [0.2, 0.25) is 0 Å². The molecule has 4 aliphatic rings. The van der Waals surface area contributed by atoms with Crippen LogP contribution in [-0.2, 0) is 0 Å². The maximum absolute atomic E-state index is 3.33. The Hall–Kier alpha value is 0.150. The molecule has 0 atom stereocenters. The van der Waals surface area contributed by atoms with Crippen molar-refractivity contribution in [1.82, 2.24) is 24.9 Å². The van der Waals surface area contributed by atoms with Gasteiger partial charge in [-0.05, 0) is 107 Å². The average Bonchev–Trinajstić information content (AvgIpc) is 3.43. The largest absolute Gasteiger partial charge is 0.314 e. The molecule has 0 bridgehead atoms. The molecule has 0 aliphatic carbocycles. The summed E-state index contributed by atoms with van der Waals surface area (Å²) in [6.45, 7) is 30.8. The highest BCUT2D eigenvalue weighted by Gasteiger charge is 2.14. The minimum Gasteiger partial charge on any atom is -0.314 e. The third kappa shape index (κ3) is 15.9. The molecule has 0 saturated carbocycles. The summed E-state index contributed by atoms with van der Waals surface area (Å²) in [6.07, 6.45) is 7.11. The third-order valence-electron chi connectivity index (χ3n) is 7.65. The van der Waals surface area contributed by atoms with Gasteiger partial charge in [0, 0.05) is 74.9 Å². The van der Waals surface area contributed by atoms with Crippen molar-refractivity contribution >= 4 is 11.8 Å². The van der Waals surface area contributed by atoms with E-state index in [0.717, 1.165) is 37.3 Å². The summed E-state index contributed by atoms with van der Waals surface area (Å²) in [5, 5.41) is 3.33. The molecular formula is C29H63N5S. The number of hydrogen-bond donors (Lipinski definition) is 1. The zero-order valence-electron chi connectivity index (χ0n) is 25.0. The molecule has 4 fully saturated rings. The second-order valence-corrected chi connectivity index (χ2v) is 12.9. The van der Waals surface area contributed by atoms with Gasteiger partial charge in [-0.3, -0.25) is 9.80 Å². The van der Waals surface area contributed by atoms with Gasteiger partial charge in [-0.1, -0.05) is 6.42 Å². The van der Waals surface area contributed by atoms with Gasteiger partial charge >= 0.3 is 0 Å². The van der Waals surface area contributed by atoms with Crippen molar-refractivity contribution in [3.05, 3.63) is 0 Å². The highest BCUT2D eigenvalue weighted by Crippen LogP contribution is 2.12. The Morgan fingerprint density at radius 2 is 0.743 bits per heavy atom. The minimum atomic E-state index is 0.729. The van der Waals surface area contributed by atoms with Gasteiger partial charge in [0.05, 0.1) is 0 Å². The van der Waals surface area contributed by atoms with Gasteiger partial charge in [-0.25, -0.2) is 0 Å². The first-order chi connectivity index (χ1) is 16.7. The lowest BCUT2D eigenvalue weighted by Crippen LogP contribution is -2.46. The lowest BCUT2D eigenvalue weighted by atomic mass is 10.1. The molecule has 4 aliphatic heterocycles. The number of hydrogen-bond acceptors (Lipinski definition) is 6. The molecule has 0 radical (unpaired) electrons. The topological polar surface area (TPSA) is 25.0 Å². The maximum Gasteiger partial charge on any atom is 0.0110 e. The van der Waals surface area contributed by atoms with Crippen molar-refractivity contribution in [2.75, 3.05) is 77.0 Å². The summed E-state index contributed by atoms with van der Waals surface area (Å²) in [4.78, 5) is 10.1. The fourth-order valence-electron chi connectivity index (χ4n) is 4.99. The van der Waals surface area contributed by atoms with Crippen LogP contribution in [0.1, 0.15) is 87.5 Å². The van der Waals surface area contributed by atoms with E-state index in [-0.39, 0.29) is 0 Å². The van der Waals surface area contributed by atoms with Gasteiger partial charge in [-0.15, -0.1) is 0 Å². The summed E-state index contributed by atoms with van der Waals surface area (Å²) in [5.41, 5.74) is 0. The van der Waals surface area contributed by atoms with Gasteiger partial charge in [0.1, 0.15) is 0 Å². The van der Waals surface area contributed by atoms with E-state index in [1.165, 1.54) is 96.0 Å². The molecule has 35 heavy (non-hydrogen) atoms. The highest BCUT2D eigenvalue weighted by molar-refractivity contribution is 7.99. The van der Waals surface area contributed by atoms with E-state index >= 15 is 0 Å². The molecule has 6 heteroatoms. The van der Waals surface area contributed by atoms with Crippen LogP contribution >= 0.6 is 11.8 Å². The summed E-state index contributed by atoms with van der Waals surface area (Å²) in [7, 11) is 0. The lowest BCUT2D eigenvalue weighted by Gasteiger charge is -2.30. The van der Waals surface area contributed by atoms with Crippen molar-refractivity contribution in [2.45, 2.75) is 112 Å². The van der Waals surface area contributed by atoms with Gasteiger partial charge in [0.25, 0.3) is 0 Å². The van der Waals surface area contributed by atoms with E-state index < -0.39 is 0 Å². The molecule has 0 aromatic heterocycles. The summed E-state index contributed by atoms with van der Waals surface area (Å²) in [6, 6.07) is 3.03. The first-order valence-corrected chi connectivity index (χ1v) is 16.1. The average molecular weight is 514 g/mol. The monoisotopic (exact) mass is 513 g/mol. The second kappa shape index (κ2) is 20.2. The fraction of sp³-hybridized carbons (Fsp3) is 1.00. The lowest BCUT2D eigenvalue weighted by molar-refractivity contribution is 0.185. The maximum atomic E-state index is 3.33. The second-order valence-electron chi connectivity index (χ2n) is 11.6. The van der Waals surface area contributed by atoms with E-state index in [9.17, 15) is 0 Å². The van der Waals surface area contributed by atoms with Gasteiger partial charge < -0.3 is 15.1 Å². The van der Waals surface area contributed by atoms with Crippen LogP contribution in [0.4, 0.5) is 0 Å². The molecular weight excluding hydrogens is 450 g/mol. The van der Waals surface area contributed by atoms with Crippen molar-refractivity contribution < 1.29 is 0 Å². The molecule has 5 nitrogen and oxygen atoms in total. The number of piperazine rings is 1. The Kier molecular flexibility index (Phi) is 19.1. The number of nitrogens with one attached hydrogen (secondary N) is 1. The van der Waals surface area contributed by atoms with Gasteiger partial charge in [0.15, 0.2) is 0 Å². The molecule has 1 N–H and O–H groups in total. The molecule has 4 heterocycles. The molecule has 210 valence electrons. The minimum absolute atomic E-state index is 0.729. The van der Waals surface area contributed by atoms with Crippen LogP contribution in [0.5, 0.6) is 0 Å². The predicted octanol–water partition coefficient (Wildman–Crippen LogP) is 5.11. The first-order valence-electron chi connectivity index (χ1n) is 15.0. The third-order valence-corrected chi connectivity index (χ3v) is 8.59. The van der Waals surface area contributed by atoms with E-state index in [4.69, 9.17) is 0 Å². The quantitative estimate of drug-likeness (QED) is 0.561. The Bertz CT molecular complexity index is 409. The van der Waals surface area contributed by atoms with Crippen molar-refractivity contribution in [3.63, 3.8) is 0 Å². The summed E-state index contributed by atoms with van der Waals surface area (Å²) >= 11 is 2.07. The van der Waals surface area contributed by atoms with Crippen LogP contribution in [-0.4, -0.2) is 121 Å². The van der Waals surface area contributed by atoms with Crippen molar-refractivity contribution in [2.24, 2.45) is 0 Å². The van der Waals surface area contributed by atoms with Gasteiger partial charge in [0.2, 0.25) is 0 Å². The van der Waals surface area contributed by atoms with E-state index in [1.54, 1.807) is 0 Å². The van der Waals surface area contributed by atoms with E-state index in [2.05, 4.69) is 92.1 Å². The predicted molar refractivity (Wildman–Crippen MR) is 160 cm³/mol. The Labute approximate surface area is 225 Å². The molecule has 0 spiro atoms. The smallest absolute Gasteiger partial charge is 0.0110 e. The zero-order chi connectivity index (χ0) is 26.1. The van der Waals surface area contributed by atoms with Crippen LogP contribution in [0.15, 0.2) is 0 Å². The van der Waals surface area contributed by atoms with Crippen molar-refractivity contribution in [1.29, 1.82) is 0 Å². The molecule has 0 unspecified atom stereocenters. The first kappa shape index (κ1) is 33.2. The van der Waals surface area contributed by atoms with E-state index in [0.29, 0.717) is 0 Å². The SMILES string of the molecule is CC(C)N1CCCC1.CC(C)N1CCCCC1.CC(C)N1CCNCC1.CC(C)N1CCSCC1. The number of likely N-dealkylation sites (tertiary alicyclic amines) is 2. The Morgan fingerprint density at radius 3 is 1.03 bits per heavy atom. The fourth-order valence-corrected chi connectivity index (χ4v) is 5.92. The van der Waals surface area contributed by atoms with Crippen LogP contribution in [0, 0.1) is 0 Å². The van der Waals surface area contributed by atoms with Crippen LogP contribution in [0.3, 0.4) is 0 Å². The normalized spacial score (nSPS) is 23.0. The Morgan fingerprint density at radius 1 is 0.429 bits per heavy atom. The summed E-state index contributed by atoms with van der Waals surface area (Å²) in [5.74, 6) is 2.66. The van der Waals surface area contributed by atoms with Crippen molar-refractivity contribution in [3.8, 4) is 0 Å². The number of piperidine rings is 1. The van der Waals surface area contributed by atoms with Crippen LogP contribution in [0.25, 0.3) is 0 Å². The molecule has 4 saturated heterocycles. The number of rotatable bonds is 4. The number of thioether (sulfide) groups is 1. The molecule has 0 amide bonds. The molecule has 0 aromatic rings. The number of nitrogens with zero attached hydrogens (tertiary/aromatic N) is 4. The Balaban J connectivity index is 0.000000234. The molecule has 4 rings (SSSR count). The van der Waals surface area contributed by atoms with Gasteiger partial charge in [-0.2, -0.15) is 11.8 Å². The van der Waals surface area contributed by atoms with Crippen LogP contribution < -0.4 is 5.32 Å². The van der Waals surface area contributed by atoms with E-state index in [1.807, 2.05) is 0 Å². The highest BCUT2D eigenvalue weighted by atomic mass is 32.2. The zero-order valence-corrected chi connectivity index (χ0v) is 25.8.